The van der Waals surface area contributed by atoms with Crippen molar-refractivity contribution in [3.63, 3.8) is 0 Å². The molecule has 1 fully saturated rings. The quantitative estimate of drug-likeness (QED) is 0.907. The third-order valence-electron chi connectivity index (χ3n) is 4.18. The Morgan fingerprint density at radius 2 is 2.05 bits per heavy atom. The van der Waals surface area contributed by atoms with Crippen LogP contribution in [0.1, 0.15) is 41.6 Å². The van der Waals surface area contributed by atoms with Crippen molar-refractivity contribution in [3.8, 4) is 0 Å². The van der Waals surface area contributed by atoms with Crippen LogP contribution in [0.15, 0.2) is 18.2 Å². The predicted octanol–water partition coefficient (Wildman–Crippen LogP) is 2.46. The first-order valence-corrected chi connectivity index (χ1v) is 6.82. The Labute approximate surface area is 112 Å². The van der Waals surface area contributed by atoms with Crippen LogP contribution in [0.25, 0.3) is 0 Å². The molecule has 0 atom stereocenters. The maximum Gasteiger partial charge on any atom is 0.335 e. The number of carboxylic acids is 1. The monoisotopic (exact) mass is 259 g/mol. The second-order valence-corrected chi connectivity index (χ2v) is 5.48. The molecule has 100 valence electrons. The van der Waals surface area contributed by atoms with Gasteiger partial charge in [-0.15, -0.1) is 0 Å². The number of amides is 1. The molecule has 1 saturated carbocycles. The van der Waals surface area contributed by atoms with Crippen molar-refractivity contribution in [1.29, 1.82) is 0 Å². The van der Waals surface area contributed by atoms with Gasteiger partial charge in [0, 0.05) is 12.2 Å². The fourth-order valence-corrected chi connectivity index (χ4v) is 3.14. The fraction of sp³-hybridized carbons (Fsp3) is 0.467. The van der Waals surface area contributed by atoms with Gasteiger partial charge in [-0.2, -0.15) is 0 Å². The van der Waals surface area contributed by atoms with Crippen molar-refractivity contribution in [2.24, 2.45) is 5.92 Å². The van der Waals surface area contributed by atoms with E-state index >= 15 is 0 Å². The summed E-state index contributed by atoms with van der Waals surface area (Å²) in [5, 5.41) is 9.05. The van der Waals surface area contributed by atoms with Gasteiger partial charge >= 0.3 is 5.97 Å². The van der Waals surface area contributed by atoms with Crippen molar-refractivity contribution in [1.82, 2.24) is 0 Å². The molecule has 0 spiro atoms. The van der Waals surface area contributed by atoms with Crippen molar-refractivity contribution >= 4 is 17.6 Å². The molecule has 0 aromatic heterocycles. The predicted molar refractivity (Wildman–Crippen MR) is 71.4 cm³/mol. The largest absolute Gasteiger partial charge is 0.478 e. The lowest BCUT2D eigenvalue weighted by Crippen LogP contribution is -2.31. The number of anilines is 1. The Kier molecular flexibility index (Phi) is 3.01. The molecular weight excluding hydrogens is 242 g/mol. The summed E-state index contributed by atoms with van der Waals surface area (Å²) >= 11 is 0. The molecule has 3 rings (SSSR count). The van der Waals surface area contributed by atoms with Gasteiger partial charge in [0.2, 0.25) is 5.91 Å². The van der Waals surface area contributed by atoms with Gasteiger partial charge in [0.1, 0.15) is 0 Å². The second-order valence-electron chi connectivity index (χ2n) is 5.48. The van der Waals surface area contributed by atoms with Crippen molar-refractivity contribution in [3.05, 3.63) is 29.3 Å². The van der Waals surface area contributed by atoms with Gasteiger partial charge in [-0.25, -0.2) is 4.79 Å². The Morgan fingerprint density at radius 1 is 1.32 bits per heavy atom. The standard InChI is InChI=1S/C15H17NO3/c17-14-8-11-5-6-12(15(18)19)7-13(11)16(14)9-10-3-1-2-4-10/h5-7,10H,1-4,8-9H2,(H,18,19). The third kappa shape index (κ3) is 2.23. The number of nitrogens with zero attached hydrogens (tertiary/aromatic N) is 1. The molecule has 0 radical (unpaired) electrons. The highest BCUT2D eigenvalue weighted by atomic mass is 16.4. The molecule has 0 unspecified atom stereocenters. The number of carboxylic acid groups (broad SMARTS) is 1. The van der Waals surface area contributed by atoms with Gasteiger partial charge in [-0.1, -0.05) is 18.9 Å². The van der Waals surface area contributed by atoms with Crippen molar-refractivity contribution in [2.45, 2.75) is 32.1 Å². The molecular formula is C15H17NO3. The third-order valence-corrected chi connectivity index (χ3v) is 4.18. The molecule has 1 aliphatic carbocycles. The van der Waals surface area contributed by atoms with Crippen LogP contribution in [0.4, 0.5) is 5.69 Å². The molecule has 4 heteroatoms. The lowest BCUT2D eigenvalue weighted by atomic mass is 10.1. The summed E-state index contributed by atoms with van der Waals surface area (Å²) in [4.78, 5) is 24.9. The van der Waals surface area contributed by atoms with Gasteiger partial charge in [-0.3, -0.25) is 4.79 Å². The van der Waals surface area contributed by atoms with E-state index in [1.807, 2.05) is 0 Å². The Morgan fingerprint density at radius 3 is 2.74 bits per heavy atom. The second kappa shape index (κ2) is 4.68. The summed E-state index contributed by atoms with van der Waals surface area (Å²) in [6.07, 6.45) is 5.25. The number of fused-ring (bicyclic) bond motifs is 1. The van der Waals surface area contributed by atoms with Gasteiger partial charge in [0.15, 0.2) is 0 Å². The molecule has 4 nitrogen and oxygen atoms in total. The first kappa shape index (κ1) is 12.2. The maximum atomic E-state index is 12.1. The van der Waals surface area contributed by atoms with Crippen LogP contribution >= 0.6 is 0 Å². The van der Waals surface area contributed by atoms with Gasteiger partial charge < -0.3 is 10.0 Å². The molecule has 0 bridgehead atoms. The number of benzene rings is 1. The average molecular weight is 259 g/mol. The molecule has 1 aromatic carbocycles. The van der Waals surface area contributed by atoms with E-state index in [1.165, 1.54) is 25.7 Å². The van der Waals surface area contributed by atoms with Crippen LogP contribution in [0.5, 0.6) is 0 Å². The number of hydrogen-bond acceptors (Lipinski definition) is 2. The van der Waals surface area contributed by atoms with E-state index in [9.17, 15) is 9.59 Å². The van der Waals surface area contributed by atoms with Crippen LogP contribution in [-0.4, -0.2) is 23.5 Å². The number of hydrogen-bond donors (Lipinski definition) is 1. The SMILES string of the molecule is O=C(O)c1ccc2c(c1)N(CC1CCCC1)C(=O)C2. The number of carbonyl (C=O) groups is 2. The summed E-state index contributed by atoms with van der Waals surface area (Å²) in [6, 6.07) is 4.98. The first-order chi connectivity index (χ1) is 9.15. The zero-order chi connectivity index (χ0) is 13.4. The summed E-state index contributed by atoms with van der Waals surface area (Å²) in [7, 11) is 0. The number of rotatable bonds is 3. The van der Waals surface area contributed by atoms with Crippen LogP contribution in [0.3, 0.4) is 0 Å². The minimum atomic E-state index is -0.942. The first-order valence-electron chi connectivity index (χ1n) is 6.82. The summed E-state index contributed by atoms with van der Waals surface area (Å²) in [5.41, 5.74) is 2.01. The van der Waals surface area contributed by atoms with E-state index in [0.717, 1.165) is 17.8 Å². The molecule has 1 heterocycles. The zero-order valence-electron chi connectivity index (χ0n) is 10.8. The summed E-state index contributed by atoms with van der Waals surface area (Å²) in [5.74, 6) is -0.268. The van der Waals surface area contributed by atoms with Crippen LogP contribution in [0.2, 0.25) is 0 Å². The highest BCUT2D eigenvalue weighted by Crippen LogP contribution is 2.33. The van der Waals surface area contributed by atoms with Crippen molar-refractivity contribution < 1.29 is 14.7 Å². The summed E-state index contributed by atoms with van der Waals surface area (Å²) in [6.45, 7) is 0.745. The Balaban J connectivity index is 1.88. The summed E-state index contributed by atoms with van der Waals surface area (Å²) < 4.78 is 0. The van der Waals surface area contributed by atoms with Crippen molar-refractivity contribution in [2.75, 3.05) is 11.4 Å². The van der Waals surface area contributed by atoms with Crippen LogP contribution in [0, 0.1) is 5.92 Å². The maximum absolute atomic E-state index is 12.1. The smallest absolute Gasteiger partial charge is 0.335 e. The van der Waals surface area contributed by atoms with Crippen LogP contribution in [-0.2, 0) is 11.2 Å². The van der Waals surface area contributed by atoms with Crippen LogP contribution < -0.4 is 4.90 Å². The molecule has 1 N–H and O–H groups in total. The lowest BCUT2D eigenvalue weighted by Gasteiger charge is -2.21. The normalized spacial score (nSPS) is 18.9. The van der Waals surface area contributed by atoms with E-state index in [0.29, 0.717) is 12.3 Å². The topological polar surface area (TPSA) is 57.6 Å². The van der Waals surface area contributed by atoms with E-state index in [1.54, 1.807) is 23.1 Å². The highest BCUT2D eigenvalue weighted by Gasteiger charge is 2.30. The van der Waals surface area contributed by atoms with Gasteiger partial charge in [0.05, 0.1) is 12.0 Å². The lowest BCUT2D eigenvalue weighted by molar-refractivity contribution is -0.117. The zero-order valence-corrected chi connectivity index (χ0v) is 10.8. The Bertz CT molecular complexity index is 532. The molecule has 0 saturated heterocycles. The molecule has 19 heavy (non-hydrogen) atoms. The minimum Gasteiger partial charge on any atom is -0.478 e. The van der Waals surface area contributed by atoms with Gasteiger partial charge in [0.25, 0.3) is 0 Å². The minimum absolute atomic E-state index is 0.101. The average Bonchev–Trinajstić information content (AvgIpc) is 2.98. The highest BCUT2D eigenvalue weighted by molar-refractivity contribution is 6.03. The molecule has 1 aromatic rings. The van der Waals surface area contributed by atoms with E-state index in [4.69, 9.17) is 5.11 Å². The number of aromatic carboxylic acids is 1. The van der Waals surface area contributed by atoms with E-state index in [2.05, 4.69) is 0 Å². The molecule has 1 aliphatic heterocycles. The van der Waals surface area contributed by atoms with Gasteiger partial charge in [-0.05, 0) is 36.5 Å². The molecule has 2 aliphatic rings. The fourth-order valence-electron chi connectivity index (χ4n) is 3.14. The Hall–Kier alpha value is -1.84. The number of carbonyl (C=O) groups excluding carboxylic acids is 1. The molecule has 1 amide bonds. The van der Waals surface area contributed by atoms with E-state index < -0.39 is 5.97 Å². The van der Waals surface area contributed by atoms with E-state index in [-0.39, 0.29) is 11.5 Å².